The van der Waals surface area contributed by atoms with Crippen LogP contribution in [0, 0.1) is 25.2 Å². The maximum absolute atomic E-state index is 12.2. The van der Waals surface area contributed by atoms with E-state index in [-0.39, 0.29) is 5.57 Å². The molecule has 0 aliphatic heterocycles. The molecule has 6 nitrogen and oxygen atoms in total. The molecule has 0 aliphatic rings. The number of esters is 1. The van der Waals surface area contributed by atoms with Crippen molar-refractivity contribution in [2.75, 3.05) is 6.61 Å². The second-order valence-electron chi connectivity index (χ2n) is 7.69. The van der Waals surface area contributed by atoms with Gasteiger partial charge in [0.05, 0.1) is 0 Å². The number of halogens is 1. The first-order valence-electron chi connectivity index (χ1n) is 9.06. The van der Waals surface area contributed by atoms with Crippen LogP contribution in [0.5, 0.6) is 0 Å². The molecule has 1 N–H and O–H groups in total. The van der Waals surface area contributed by atoms with Crippen molar-refractivity contribution >= 4 is 29.6 Å². The first kappa shape index (κ1) is 22.3. The summed E-state index contributed by atoms with van der Waals surface area (Å²) in [6, 6.07) is 11.1. The third-order valence-corrected chi connectivity index (χ3v) is 4.26. The van der Waals surface area contributed by atoms with Crippen LogP contribution in [0.3, 0.4) is 0 Å². The predicted octanol–water partition coefficient (Wildman–Crippen LogP) is 4.11. The van der Waals surface area contributed by atoms with Gasteiger partial charge in [0.15, 0.2) is 6.61 Å². The number of nitriles is 1. The molecule has 7 heteroatoms. The van der Waals surface area contributed by atoms with Crippen molar-refractivity contribution in [3.63, 3.8) is 0 Å². The van der Waals surface area contributed by atoms with Crippen LogP contribution in [0.15, 0.2) is 35.9 Å². The molecule has 0 unspecified atom stereocenters. The quantitative estimate of drug-likeness (QED) is 0.454. The summed E-state index contributed by atoms with van der Waals surface area (Å²) in [7, 11) is 0. The number of carbonyl (C=O) groups is 2. The molecule has 29 heavy (non-hydrogen) atoms. The fourth-order valence-corrected chi connectivity index (χ4v) is 3.09. The SMILES string of the molecule is Cc1cc(/C=C(\C#N)C(=O)OCC(=O)NC(C)(C)C)c(C)n1-c1cccc(Cl)c1. The van der Waals surface area contributed by atoms with E-state index in [1.165, 1.54) is 6.08 Å². The van der Waals surface area contributed by atoms with Gasteiger partial charge in [-0.3, -0.25) is 4.79 Å². The van der Waals surface area contributed by atoms with Crippen LogP contribution in [0.4, 0.5) is 0 Å². The van der Waals surface area contributed by atoms with E-state index in [9.17, 15) is 14.9 Å². The lowest BCUT2D eigenvalue weighted by Crippen LogP contribution is -2.42. The van der Waals surface area contributed by atoms with Crippen molar-refractivity contribution in [3.05, 3.63) is 57.9 Å². The van der Waals surface area contributed by atoms with E-state index < -0.39 is 24.0 Å². The second-order valence-corrected chi connectivity index (χ2v) is 8.12. The molecule has 1 heterocycles. The number of carbonyl (C=O) groups excluding carboxylic acids is 2. The third kappa shape index (κ3) is 5.97. The summed E-state index contributed by atoms with van der Waals surface area (Å²) in [5.74, 6) is -1.27. The molecule has 2 aromatic rings. The van der Waals surface area contributed by atoms with E-state index in [1.807, 2.05) is 69.5 Å². The number of ether oxygens (including phenoxy) is 1. The second kappa shape index (κ2) is 8.97. The van der Waals surface area contributed by atoms with Crippen LogP contribution in [0.25, 0.3) is 11.8 Å². The molecule has 0 radical (unpaired) electrons. The average Bonchev–Trinajstić information content (AvgIpc) is 2.89. The lowest BCUT2D eigenvalue weighted by atomic mass is 10.1. The smallest absolute Gasteiger partial charge is 0.349 e. The standard InChI is InChI=1S/C22H24ClN3O3/c1-14-9-16(15(2)26(14)19-8-6-7-18(23)11-19)10-17(12-24)21(28)29-13-20(27)25-22(3,4)5/h6-11H,13H2,1-5H3,(H,25,27)/b17-10+. The first-order chi connectivity index (χ1) is 13.5. The normalized spacial score (nSPS) is 11.7. The number of hydrogen-bond donors (Lipinski definition) is 1. The monoisotopic (exact) mass is 413 g/mol. The maximum Gasteiger partial charge on any atom is 0.349 e. The highest BCUT2D eigenvalue weighted by Gasteiger charge is 2.18. The molecular weight excluding hydrogens is 390 g/mol. The Morgan fingerprint density at radius 2 is 1.97 bits per heavy atom. The number of aromatic nitrogens is 1. The van der Waals surface area contributed by atoms with E-state index >= 15 is 0 Å². The number of amides is 1. The van der Waals surface area contributed by atoms with Crippen LogP contribution in [-0.4, -0.2) is 28.6 Å². The fourth-order valence-electron chi connectivity index (χ4n) is 2.90. The van der Waals surface area contributed by atoms with Gasteiger partial charge in [-0.15, -0.1) is 0 Å². The number of hydrogen-bond acceptors (Lipinski definition) is 4. The van der Waals surface area contributed by atoms with Crippen LogP contribution >= 0.6 is 11.6 Å². The molecule has 1 aromatic carbocycles. The zero-order chi connectivity index (χ0) is 21.8. The lowest BCUT2D eigenvalue weighted by Gasteiger charge is -2.20. The van der Waals surface area contributed by atoms with Gasteiger partial charge in [0, 0.05) is 27.6 Å². The number of nitrogens with one attached hydrogen (secondary N) is 1. The number of aryl methyl sites for hydroxylation is 1. The van der Waals surface area contributed by atoms with Crippen molar-refractivity contribution in [2.45, 2.75) is 40.2 Å². The summed E-state index contributed by atoms with van der Waals surface area (Å²) in [6.45, 7) is 8.83. The Bertz CT molecular complexity index is 1010. The van der Waals surface area contributed by atoms with Gasteiger partial charge in [0.1, 0.15) is 11.6 Å². The van der Waals surface area contributed by atoms with Gasteiger partial charge in [0.25, 0.3) is 5.91 Å². The van der Waals surface area contributed by atoms with Crippen LogP contribution in [-0.2, 0) is 14.3 Å². The highest BCUT2D eigenvalue weighted by Crippen LogP contribution is 2.24. The maximum atomic E-state index is 12.2. The van der Waals surface area contributed by atoms with E-state index in [0.717, 1.165) is 17.1 Å². The highest BCUT2D eigenvalue weighted by molar-refractivity contribution is 6.30. The van der Waals surface area contributed by atoms with Crippen molar-refractivity contribution in [1.29, 1.82) is 5.26 Å². The van der Waals surface area contributed by atoms with Gasteiger partial charge < -0.3 is 14.6 Å². The number of rotatable bonds is 5. The van der Waals surface area contributed by atoms with E-state index in [2.05, 4.69) is 5.32 Å². The Labute approximate surface area is 175 Å². The zero-order valence-electron chi connectivity index (χ0n) is 17.2. The fraction of sp³-hybridized carbons (Fsp3) is 0.318. The Balaban J connectivity index is 2.23. The minimum absolute atomic E-state index is 0.181. The molecule has 2 rings (SSSR count). The summed E-state index contributed by atoms with van der Waals surface area (Å²) in [6.07, 6.45) is 1.47. The van der Waals surface area contributed by atoms with Crippen molar-refractivity contribution in [1.82, 2.24) is 9.88 Å². The Morgan fingerprint density at radius 1 is 1.28 bits per heavy atom. The minimum atomic E-state index is -0.843. The predicted molar refractivity (Wildman–Crippen MR) is 113 cm³/mol. The van der Waals surface area contributed by atoms with Gasteiger partial charge in [-0.1, -0.05) is 17.7 Å². The molecule has 152 valence electrons. The molecule has 1 amide bonds. The van der Waals surface area contributed by atoms with Gasteiger partial charge in [-0.05, 0) is 70.5 Å². The average molecular weight is 414 g/mol. The highest BCUT2D eigenvalue weighted by atomic mass is 35.5. The van der Waals surface area contributed by atoms with E-state index in [1.54, 1.807) is 6.07 Å². The van der Waals surface area contributed by atoms with E-state index in [0.29, 0.717) is 10.6 Å². The first-order valence-corrected chi connectivity index (χ1v) is 9.44. The Kier molecular flexibility index (Phi) is 6.89. The lowest BCUT2D eigenvalue weighted by molar-refractivity contribution is -0.144. The number of nitrogens with zero attached hydrogens (tertiary/aromatic N) is 2. The number of benzene rings is 1. The summed E-state index contributed by atoms with van der Waals surface area (Å²) < 4.78 is 6.97. The summed E-state index contributed by atoms with van der Waals surface area (Å²) in [5, 5.41) is 12.7. The summed E-state index contributed by atoms with van der Waals surface area (Å²) in [5.41, 5.74) is 2.74. The van der Waals surface area contributed by atoms with Crippen molar-refractivity contribution in [2.24, 2.45) is 0 Å². The molecule has 0 saturated heterocycles. The topological polar surface area (TPSA) is 84.1 Å². The molecule has 0 saturated carbocycles. The molecule has 1 aromatic heterocycles. The molecule has 0 atom stereocenters. The Morgan fingerprint density at radius 3 is 2.55 bits per heavy atom. The largest absolute Gasteiger partial charge is 0.451 e. The molecule has 0 fully saturated rings. The van der Waals surface area contributed by atoms with Gasteiger partial charge in [-0.25, -0.2) is 4.79 Å². The molecule has 0 spiro atoms. The zero-order valence-corrected chi connectivity index (χ0v) is 17.9. The van der Waals surface area contributed by atoms with Crippen molar-refractivity contribution in [3.8, 4) is 11.8 Å². The minimum Gasteiger partial charge on any atom is -0.451 e. The van der Waals surface area contributed by atoms with Gasteiger partial charge >= 0.3 is 5.97 Å². The van der Waals surface area contributed by atoms with Crippen LogP contribution in [0.2, 0.25) is 5.02 Å². The summed E-state index contributed by atoms with van der Waals surface area (Å²) >= 11 is 6.09. The molecular formula is C22H24ClN3O3. The molecule has 0 bridgehead atoms. The van der Waals surface area contributed by atoms with Gasteiger partial charge in [-0.2, -0.15) is 5.26 Å². The van der Waals surface area contributed by atoms with Crippen LogP contribution in [0.1, 0.15) is 37.7 Å². The van der Waals surface area contributed by atoms with Gasteiger partial charge in [0.2, 0.25) is 0 Å². The van der Waals surface area contributed by atoms with Crippen LogP contribution < -0.4 is 5.32 Å². The summed E-state index contributed by atoms with van der Waals surface area (Å²) in [4.78, 5) is 24.1. The van der Waals surface area contributed by atoms with E-state index in [4.69, 9.17) is 16.3 Å². The Hall–Kier alpha value is -3.04. The third-order valence-electron chi connectivity index (χ3n) is 4.03. The van der Waals surface area contributed by atoms with Crippen molar-refractivity contribution < 1.29 is 14.3 Å². The molecule has 0 aliphatic carbocycles.